The van der Waals surface area contributed by atoms with Crippen LogP contribution in [-0.2, 0) is 20.8 Å². The Morgan fingerprint density at radius 1 is 1.54 bits per heavy atom. The number of rotatable bonds is 7. The van der Waals surface area contributed by atoms with Gasteiger partial charge in [-0.15, -0.1) is 0 Å². The quantitative estimate of drug-likeness (QED) is 0.345. The average molecular weight is 369 g/mol. The van der Waals surface area contributed by atoms with Crippen molar-refractivity contribution in [3.8, 4) is 6.07 Å². The van der Waals surface area contributed by atoms with Gasteiger partial charge in [-0.2, -0.15) is 5.26 Å². The molecule has 0 saturated heterocycles. The van der Waals surface area contributed by atoms with Gasteiger partial charge in [0.05, 0.1) is 35.0 Å². The van der Waals surface area contributed by atoms with E-state index in [1.165, 1.54) is 10.4 Å². The van der Waals surface area contributed by atoms with Gasteiger partial charge in [0.25, 0.3) is 17.7 Å². The van der Waals surface area contributed by atoms with Crippen molar-refractivity contribution in [3.05, 3.63) is 40.4 Å². The van der Waals surface area contributed by atoms with Gasteiger partial charge >= 0.3 is 0 Å². The first kappa shape index (κ1) is 18.5. The molecule has 2 unspecified atom stereocenters. The highest BCUT2D eigenvalue weighted by Gasteiger charge is 2.29. The van der Waals surface area contributed by atoms with Crippen molar-refractivity contribution in [3.63, 3.8) is 0 Å². The lowest BCUT2D eigenvalue weighted by molar-refractivity contribution is -0.128. The van der Waals surface area contributed by atoms with Crippen molar-refractivity contribution in [1.29, 1.82) is 5.26 Å². The van der Waals surface area contributed by atoms with Crippen LogP contribution in [0.4, 0.5) is 5.69 Å². The summed E-state index contributed by atoms with van der Waals surface area (Å²) < 4.78 is 27.9. The second-order valence-electron chi connectivity index (χ2n) is 5.28. The van der Waals surface area contributed by atoms with Crippen molar-refractivity contribution in [2.75, 3.05) is 10.9 Å². The second kappa shape index (κ2) is 8.83. The van der Waals surface area contributed by atoms with Crippen molar-refractivity contribution >= 4 is 35.0 Å². The van der Waals surface area contributed by atoms with Gasteiger partial charge in [0, 0.05) is 6.42 Å². The zero-order chi connectivity index (χ0) is 17.5. The Labute approximate surface area is 148 Å². The van der Waals surface area contributed by atoms with Gasteiger partial charge in [0.1, 0.15) is 0 Å². The molecule has 1 aliphatic carbocycles. The molecule has 1 N–H and O–H groups in total. The van der Waals surface area contributed by atoms with E-state index >= 15 is 0 Å². The van der Waals surface area contributed by atoms with Crippen LogP contribution >= 0.6 is 11.6 Å². The van der Waals surface area contributed by atoms with Crippen LogP contribution < -0.4 is 4.31 Å². The van der Waals surface area contributed by atoms with Gasteiger partial charge in [0.15, 0.2) is 0 Å². The Hall–Kier alpha value is -1.88. The molecule has 6 nitrogen and oxygen atoms in total. The molecule has 128 valence electrons. The fraction of sp³-hybridized carbons (Fsp3) is 0.375. The van der Waals surface area contributed by atoms with E-state index in [4.69, 9.17) is 21.6 Å². The number of allylic oxidation sites excluding steroid dienone is 1. The number of nitriles is 1. The third-order valence-electron chi connectivity index (χ3n) is 3.86. The number of benzene rings is 1. The number of halogens is 1. The van der Waals surface area contributed by atoms with Gasteiger partial charge in [-0.25, -0.2) is 4.21 Å². The van der Waals surface area contributed by atoms with Crippen LogP contribution in [0, 0.1) is 11.3 Å². The summed E-state index contributed by atoms with van der Waals surface area (Å²) >= 11 is 3.93. The Balaban J connectivity index is 2.33. The number of hydrogen-bond donors (Lipinski definition) is 1. The molecular weight excluding hydrogens is 352 g/mol. The molecule has 24 heavy (non-hydrogen) atoms. The van der Waals surface area contributed by atoms with Crippen LogP contribution in [0.25, 0.3) is 0 Å². The van der Waals surface area contributed by atoms with Crippen LogP contribution in [0.2, 0.25) is 5.02 Å². The third-order valence-corrected chi connectivity index (χ3v) is 4.95. The van der Waals surface area contributed by atoms with Gasteiger partial charge in [-0.1, -0.05) is 17.7 Å². The van der Waals surface area contributed by atoms with Crippen LogP contribution in [0.5, 0.6) is 0 Å². The van der Waals surface area contributed by atoms with E-state index in [9.17, 15) is 13.6 Å². The highest BCUT2D eigenvalue weighted by atomic mass is 35.5. The minimum Gasteiger partial charge on any atom is -0.468 e. The minimum absolute atomic E-state index is 0.221. The maximum absolute atomic E-state index is 12.0. The molecule has 2 atom stereocenters. The van der Waals surface area contributed by atoms with E-state index in [1.54, 1.807) is 12.1 Å². The lowest BCUT2D eigenvalue weighted by Gasteiger charge is -2.34. The van der Waals surface area contributed by atoms with Gasteiger partial charge < -0.3 is 4.74 Å². The van der Waals surface area contributed by atoms with E-state index in [2.05, 4.69) is 0 Å². The molecule has 2 rings (SSSR count). The summed E-state index contributed by atoms with van der Waals surface area (Å²) in [4.78, 5) is 10.3. The number of carbonyl (C=O) groups excluding carboxylic acids is 1. The Bertz CT molecular complexity index is 702. The zero-order valence-electron chi connectivity index (χ0n) is 12.9. The Kier molecular flexibility index (Phi) is 6.79. The summed E-state index contributed by atoms with van der Waals surface area (Å²) in [5, 5.41) is 9.17. The smallest absolute Gasteiger partial charge is 0.293 e. The number of carbonyl (C=O) groups is 1. The highest BCUT2D eigenvalue weighted by Crippen LogP contribution is 2.35. The molecule has 1 aromatic rings. The van der Waals surface area contributed by atoms with Gasteiger partial charge in [0.2, 0.25) is 0 Å². The number of ether oxygens (including phenoxy) is 1. The van der Waals surface area contributed by atoms with E-state index in [0.717, 1.165) is 18.4 Å². The van der Waals surface area contributed by atoms with Crippen LogP contribution in [0.15, 0.2) is 29.8 Å². The maximum Gasteiger partial charge on any atom is 0.293 e. The monoisotopic (exact) mass is 368 g/mol. The minimum atomic E-state index is -2.28. The van der Waals surface area contributed by atoms with E-state index in [1.807, 2.05) is 12.1 Å². The first-order chi connectivity index (χ1) is 11.6. The Morgan fingerprint density at radius 3 is 2.96 bits per heavy atom. The molecule has 0 amide bonds. The molecule has 0 aliphatic heterocycles. The highest BCUT2D eigenvalue weighted by molar-refractivity contribution is 7.80. The zero-order valence-corrected chi connectivity index (χ0v) is 14.4. The summed E-state index contributed by atoms with van der Waals surface area (Å²) in [7, 11) is 0. The summed E-state index contributed by atoms with van der Waals surface area (Å²) in [5.41, 5.74) is 1.71. The molecule has 0 aromatic heterocycles. The molecule has 0 spiro atoms. The third kappa shape index (κ3) is 4.35. The summed E-state index contributed by atoms with van der Waals surface area (Å²) in [6.45, 7) is 0.608. The van der Waals surface area contributed by atoms with Crippen molar-refractivity contribution in [2.24, 2.45) is 0 Å². The van der Waals surface area contributed by atoms with Crippen LogP contribution in [0.3, 0.4) is 0 Å². The normalized spacial score (nSPS) is 18.2. The molecular formula is C16H17ClN2O4S. The second-order valence-corrected chi connectivity index (χ2v) is 6.54. The van der Waals surface area contributed by atoms with E-state index < -0.39 is 11.3 Å². The van der Waals surface area contributed by atoms with Crippen LogP contribution in [0.1, 0.15) is 31.2 Å². The summed E-state index contributed by atoms with van der Waals surface area (Å²) in [5.74, 6) is 0. The average Bonchev–Trinajstić information content (AvgIpc) is 2.57. The van der Waals surface area contributed by atoms with Gasteiger partial charge in [-0.05, 0) is 43.0 Å². The molecule has 8 heteroatoms. The summed E-state index contributed by atoms with van der Waals surface area (Å²) in [6.07, 6.45) is 4.95. The molecule has 1 aromatic carbocycles. The molecule has 0 bridgehead atoms. The fourth-order valence-corrected chi connectivity index (χ4v) is 3.91. The van der Waals surface area contributed by atoms with Crippen molar-refractivity contribution in [1.82, 2.24) is 0 Å². The van der Waals surface area contributed by atoms with Gasteiger partial charge in [-0.3, -0.25) is 13.7 Å². The first-order valence-corrected chi connectivity index (χ1v) is 8.86. The molecule has 0 radical (unpaired) electrons. The van der Waals surface area contributed by atoms with Crippen LogP contribution in [-0.4, -0.2) is 27.9 Å². The molecule has 0 fully saturated rings. The lowest BCUT2D eigenvalue weighted by Crippen LogP contribution is -2.39. The molecule has 1 aliphatic rings. The number of hydrogen-bond acceptors (Lipinski definition) is 4. The first-order valence-electron chi connectivity index (χ1n) is 7.42. The fourth-order valence-electron chi connectivity index (χ4n) is 2.80. The molecule has 0 heterocycles. The molecule has 0 saturated carbocycles. The summed E-state index contributed by atoms with van der Waals surface area (Å²) in [6, 6.07) is 6.27. The van der Waals surface area contributed by atoms with Crippen molar-refractivity contribution < 1.29 is 18.3 Å². The Morgan fingerprint density at radius 2 is 2.33 bits per heavy atom. The largest absolute Gasteiger partial charge is 0.468 e. The SMILES string of the molecule is N#Cc1ccc(N(C2CCCC=C2CCOC=O)S(=O)O)c(Cl)c1. The van der Waals surface area contributed by atoms with Crippen molar-refractivity contribution in [2.45, 2.75) is 31.7 Å². The van der Waals surface area contributed by atoms with E-state index in [-0.39, 0.29) is 17.7 Å². The van der Waals surface area contributed by atoms with E-state index in [0.29, 0.717) is 30.6 Å². The standard InChI is InChI=1S/C16H17ClN2O4S/c17-14-9-12(10-18)5-6-16(14)19(24(21)22)15-4-2-1-3-13(15)7-8-23-11-20/h3,5-6,9,11,15H,1-2,4,7-8H2,(H,21,22). The number of anilines is 1. The maximum atomic E-state index is 12.0. The predicted molar refractivity (Wildman–Crippen MR) is 91.8 cm³/mol. The predicted octanol–water partition coefficient (Wildman–Crippen LogP) is 3.20. The lowest BCUT2D eigenvalue weighted by atomic mass is 9.91. The number of nitrogens with zero attached hydrogens (tertiary/aromatic N) is 2. The topological polar surface area (TPSA) is 90.6 Å².